The van der Waals surface area contributed by atoms with Gasteiger partial charge in [-0.15, -0.1) is 0 Å². The number of nitrogens with zero attached hydrogens (tertiary/aromatic N) is 6. The van der Waals surface area contributed by atoms with Gasteiger partial charge < -0.3 is 24.3 Å². The van der Waals surface area contributed by atoms with E-state index in [0.717, 1.165) is 5.69 Å². The Morgan fingerprint density at radius 1 is 1.00 bits per heavy atom. The number of nitrogen functional groups attached to an aromatic ring is 1. The van der Waals surface area contributed by atoms with Gasteiger partial charge in [0.15, 0.2) is 5.76 Å². The van der Waals surface area contributed by atoms with Gasteiger partial charge in [-0.25, -0.2) is 0 Å². The molecule has 4 rings (SSSR count). The molecule has 3 heterocycles. The average Bonchev–Trinajstić information content (AvgIpc) is 3.40. The molecule has 0 saturated carbocycles. The first-order valence-electron chi connectivity index (χ1n) is 8.45. The molecule has 0 aliphatic carbocycles. The monoisotopic (exact) mass is 379 g/mol. The highest BCUT2D eigenvalue weighted by Gasteiger charge is 2.19. The largest absolute Gasteiger partial charge is 0.459 e. The number of methoxy groups -OCH3 is 1. The van der Waals surface area contributed by atoms with E-state index in [-0.39, 0.29) is 23.5 Å². The summed E-state index contributed by atoms with van der Waals surface area (Å²) in [5, 5.41) is 3.92. The Labute approximate surface area is 160 Å². The quantitative estimate of drug-likeness (QED) is 0.511. The van der Waals surface area contributed by atoms with Crippen LogP contribution in [0.15, 0.2) is 57.7 Å². The number of nitrogens with two attached hydrogens (primary N) is 1. The van der Waals surface area contributed by atoms with Gasteiger partial charge in [0.2, 0.25) is 23.5 Å². The predicted molar refractivity (Wildman–Crippen MR) is 101 cm³/mol. The van der Waals surface area contributed by atoms with E-state index in [9.17, 15) is 0 Å². The Morgan fingerprint density at radius 2 is 1.86 bits per heavy atom. The fraction of sp³-hybridized carbons (Fsp3) is 0.167. The van der Waals surface area contributed by atoms with Gasteiger partial charge in [-0.1, -0.05) is 23.4 Å². The SMILES string of the molecule is COCCN(c1ccccc1)c1nc(N)nc(-c2noc(-c3ccco3)n2)n1. The van der Waals surface area contributed by atoms with Gasteiger partial charge in [0.05, 0.1) is 12.9 Å². The van der Waals surface area contributed by atoms with Crippen LogP contribution in [0.4, 0.5) is 17.6 Å². The standard InChI is InChI=1S/C18H17N7O3/c1-26-11-9-25(12-6-3-2-4-7-12)18-22-14(21-17(19)23-18)15-20-16(28-24-15)13-8-5-10-27-13/h2-8,10H,9,11H2,1H3,(H2,19,21,22,23). The maximum Gasteiger partial charge on any atom is 0.294 e. The van der Waals surface area contributed by atoms with E-state index in [2.05, 4.69) is 25.1 Å². The number of hydrogen-bond acceptors (Lipinski definition) is 10. The molecule has 4 aromatic rings. The molecular formula is C18H17N7O3. The molecule has 0 unspecified atom stereocenters. The van der Waals surface area contributed by atoms with E-state index in [1.807, 2.05) is 35.2 Å². The average molecular weight is 379 g/mol. The third kappa shape index (κ3) is 3.67. The van der Waals surface area contributed by atoms with Gasteiger partial charge >= 0.3 is 0 Å². The van der Waals surface area contributed by atoms with E-state index >= 15 is 0 Å². The van der Waals surface area contributed by atoms with Crippen LogP contribution in [0.2, 0.25) is 0 Å². The van der Waals surface area contributed by atoms with Gasteiger partial charge in [-0.2, -0.15) is 19.9 Å². The van der Waals surface area contributed by atoms with Crippen molar-refractivity contribution in [2.45, 2.75) is 0 Å². The van der Waals surface area contributed by atoms with Crippen LogP contribution in [0.1, 0.15) is 0 Å². The third-order valence-electron chi connectivity index (χ3n) is 3.83. The minimum Gasteiger partial charge on any atom is -0.459 e. The minimum absolute atomic E-state index is 0.0442. The van der Waals surface area contributed by atoms with Crippen molar-refractivity contribution in [3.63, 3.8) is 0 Å². The van der Waals surface area contributed by atoms with Crippen LogP contribution >= 0.6 is 0 Å². The second-order valence-electron chi connectivity index (χ2n) is 5.70. The molecular weight excluding hydrogens is 362 g/mol. The lowest BCUT2D eigenvalue weighted by molar-refractivity contribution is 0.207. The van der Waals surface area contributed by atoms with E-state index in [4.69, 9.17) is 19.4 Å². The van der Waals surface area contributed by atoms with Crippen molar-refractivity contribution >= 4 is 17.6 Å². The van der Waals surface area contributed by atoms with Gasteiger partial charge in [0.1, 0.15) is 0 Å². The van der Waals surface area contributed by atoms with E-state index in [1.165, 1.54) is 6.26 Å². The summed E-state index contributed by atoms with van der Waals surface area (Å²) in [5.41, 5.74) is 6.81. The normalized spacial score (nSPS) is 10.9. The summed E-state index contributed by atoms with van der Waals surface area (Å²) in [4.78, 5) is 19.0. The molecule has 0 amide bonds. The summed E-state index contributed by atoms with van der Waals surface area (Å²) in [5.74, 6) is 1.45. The van der Waals surface area contributed by atoms with Gasteiger partial charge in [-0.3, -0.25) is 0 Å². The van der Waals surface area contributed by atoms with Gasteiger partial charge in [-0.05, 0) is 24.3 Å². The predicted octanol–water partition coefficient (Wildman–Crippen LogP) is 2.55. The number of benzene rings is 1. The Bertz CT molecular complexity index is 1030. The molecule has 10 nitrogen and oxygen atoms in total. The fourth-order valence-electron chi connectivity index (χ4n) is 2.55. The first-order valence-corrected chi connectivity index (χ1v) is 8.45. The number of hydrogen-bond donors (Lipinski definition) is 1. The summed E-state index contributed by atoms with van der Waals surface area (Å²) in [6.45, 7) is 0.994. The lowest BCUT2D eigenvalue weighted by Gasteiger charge is -2.22. The topological polar surface area (TPSA) is 129 Å². The van der Waals surface area contributed by atoms with Crippen molar-refractivity contribution in [3.8, 4) is 23.3 Å². The Hall–Kier alpha value is -3.79. The van der Waals surface area contributed by atoms with Gasteiger partial charge in [0.25, 0.3) is 5.89 Å². The zero-order chi connectivity index (χ0) is 19.3. The Morgan fingerprint density at radius 3 is 2.61 bits per heavy atom. The second kappa shape index (κ2) is 7.84. The number of para-hydroxylation sites is 1. The summed E-state index contributed by atoms with van der Waals surface area (Å²) in [6.07, 6.45) is 1.52. The molecule has 142 valence electrons. The Balaban J connectivity index is 1.71. The molecule has 0 aliphatic heterocycles. The summed E-state index contributed by atoms with van der Waals surface area (Å²) >= 11 is 0. The van der Waals surface area contributed by atoms with Crippen molar-refractivity contribution < 1.29 is 13.7 Å². The second-order valence-corrected chi connectivity index (χ2v) is 5.70. The van der Waals surface area contributed by atoms with Crippen LogP contribution in [0.5, 0.6) is 0 Å². The molecule has 0 radical (unpaired) electrons. The summed E-state index contributed by atoms with van der Waals surface area (Å²) in [6, 6.07) is 13.1. The van der Waals surface area contributed by atoms with Crippen LogP contribution < -0.4 is 10.6 Å². The number of furan rings is 1. The van der Waals surface area contributed by atoms with E-state index in [0.29, 0.717) is 24.9 Å². The number of anilines is 3. The van der Waals surface area contributed by atoms with Crippen molar-refractivity contribution in [2.75, 3.05) is 30.9 Å². The van der Waals surface area contributed by atoms with Crippen LogP contribution in [0.25, 0.3) is 23.3 Å². The molecule has 0 saturated heterocycles. The molecule has 0 atom stereocenters. The van der Waals surface area contributed by atoms with Crippen molar-refractivity contribution in [2.24, 2.45) is 0 Å². The van der Waals surface area contributed by atoms with E-state index < -0.39 is 0 Å². The zero-order valence-corrected chi connectivity index (χ0v) is 15.0. The highest BCUT2D eigenvalue weighted by atomic mass is 16.5. The number of rotatable bonds is 7. The van der Waals surface area contributed by atoms with Crippen LogP contribution in [0, 0.1) is 0 Å². The summed E-state index contributed by atoms with van der Waals surface area (Å²) in [7, 11) is 1.63. The maximum atomic E-state index is 5.92. The maximum absolute atomic E-state index is 5.92. The highest BCUT2D eigenvalue weighted by molar-refractivity contribution is 5.60. The lowest BCUT2D eigenvalue weighted by Crippen LogP contribution is -2.24. The molecule has 0 spiro atoms. The van der Waals surface area contributed by atoms with Crippen molar-refractivity contribution in [1.29, 1.82) is 0 Å². The molecule has 2 N–H and O–H groups in total. The molecule has 0 bridgehead atoms. The molecule has 0 fully saturated rings. The van der Waals surface area contributed by atoms with Crippen LogP contribution in [-0.4, -0.2) is 45.4 Å². The zero-order valence-electron chi connectivity index (χ0n) is 15.0. The van der Waals surface area contributed by atoms with Crippen LogP contribution in [-0.2, 0) is 4.74 Å². The Kier molecular flexibility index (Phi) is 4.93. The third-order valence-corrected chi connectivity index (χ3v) is 3.83. The molecule has 10 heteroatoms. The van der Waals surface area contributed by atoms with E-state index in [1.54, 1.807) is 19.2 Å². The number of ether oxygens (including phenoxy) is 1. The summed E-state index contributed by atoms with van der Waals surface area (Å²) < 4.78 is 15.7. The molecule has 0 aliphatic rings. The lowest BCUT2D eigenvalue weighted by atomic mass is 10.3. The smallest absolute Gasteiger partial charge is 0.294 e. The number of aromatic nitrogens is 5. The highest BCUT2D eigenvalue weighted by Crippen LogP contribution is 2.25. The first kappa shape index (κ1) is 17.6. The van der Waals surface area contributed by atoms with Crippen molar-refractivity contribution in [1.82, 2.24) is 25.1 Å². The van der Waals surface area contributed by atoms with Crippen molar-refractivity contribution in [3.05, 3.63) is 48.7 Å². The molecule has 28 heavy (non-hydrogen) atoms. The fourth-order valence-corrected chi connectivity index (χ4v) is 2.55. The van der Waals surface area contributed by atoms with Crippen LogP contribution in [0.3, 0.4) is 0 Å². The molecule has 1 aromatic carbocycles. The molecule has 3 aromatic heterocycles. The minimum atomic E-state index is 0.0442. The van der Waals surface area contributed by atoms with Gasteiger partial charge in [0, 0.05) is 19.3 Å². The first-order chi connectivity index (χ1) is 13.7.